The van der Waals surface area contributed by atoms with Crippen molar-refractivity contribution < 1.29 is 9.90 Å². The molecule has 0 aliphatic heterocycles. The predicted octanol–water partition coefficient (Wildman–Crippen LogP) is 2.17. The molecule has 0 unspecified atom stereocenters. The van der Waals surface area contributed by atoms with E-state index in [1.165, 1.54) is 32.1 Å². The van der Waals surface area contributed by atoms with Gasteiger partial charge in [0.2, 0.25) is 0 Å². The number of rotatable bonds is 5. The van der Waals surface area contributed by atoms with Gasteiger partial charge in [0.05, 0.1) is 6.20 Å². The van der Waals surface area contributed by atoms with Gasteiger partial charge in [-0.3, -0.25) is 5.10 Å². The largest absolute Gasteiger partial charge is 0.477 e. The van der Waals surface area contributed by atoms with Gasteiger partial charge in [0.15, 0.2) is 0 Å². The van der Waals surface area contributed by atoms with Gasteiger partial charge >= 0.3 is 5.97 Å². The maximum absolute atomic E-state index is 10.9. The Bertz CT molecular complexity index is 397. The first-order valence-corrected chi connectivity index (χ1v) is 6.67. The number of nitrogens with one attached hydrogen (secondary N) is 2. The number of carboxylic acid groups (broad SMARTS) is 1. The molecule has 1 atom stereocenters. The van der Waals surface area contributed by atoms with Crippen LogP contribution in [0.25, 0.3) is 0 Å². The summed E-state index contributed by atoms with van der Waals surface area (Å²) in [6.45, 7) is 2.76. The van der Waals surface area contributed by atoms with Gasteiger partial charge in [0.25, 0.3) is 0 Å². The summed E-state index contributed by atoms with van der Waals surface area (Å²) in [5.41, 5.74) is 0.920. The van der Waals surface area contributed by atoms with Gasteiger partial charge in [-0.2, -0.15) is 5.10 Å². The normalized spacial score (nSPS) is 18.7. The third-order valence-electron chi connectivity index (χ3n) is 3.90. The second-order valence-electron chi connectivity index (χ2n) is 5.14. The van der Waals surface area contributed by atoms with Gasteiger partial charge in [-0.15, -0.1) is 0 Å². The summed E-state index contributed by atoms with van der Waals surface area (Å²) in [5, 5.41) is 18.7. The minimum atomic E-state index is -0.949. The molecule has 0 aromatic carbocycles. The molecular formula is C13H21N3O2. The van der Waals surface area contributed by atoms with Crippen LogP contribution >= 0.6 is 0 Å². The third-order valence-corrected chi connectivity index (χ3v) is 3.90. The van der Waals surface area contributed by atoms with E-state index in [-0.39, 0.29) is 5.69 Å². The fraction of sp³-hybridized carbons (Fsp3) is 0.692. The molecule has 1 fully saturated rings. The number of aromatic amines is 1. The zero-order chi connectivity index (χ0) is 13.0. The average molecular weight is 251 g/mol. The van der Waals surface area contributed by atoms with Crippen LogP contribution in [0.15, 0.2) is 6.20 Å². The fourth-order valence-electron chi connectivity index (χ4n) is 2.70. The lowest BCUT2D eigenvalue weighted by molar-refractivity contribution is 0.0689. The Labute approximate surface area is 107 Å². The number of hydrogen-bond donors (Lipinski definition) is 3. The van der Waals surface area contributed by atoms with E-state index in [0.29, 0.717) is 12.6 Å². The molecule has 1 saturated carbocycles. The maximum atomic E-state index is 10.9. The van der Waals surface area contributed by atoms with E-state index in [0.717, 1.165) is 11.5 Å². The molecule has 1 aliphatic rings. The first-order chi connectivity index (χ1) is 8.68. The molecule has 100 valence electrons. The highest BCUT2D eigenvalue weighted by Gasteiger charge is 2.20. The molecule has 0 saturated heterocycles. The van der Waals surface area contributed by atoms with Crippen molar-refractivity contribution in [3.8, 4) is 0 Å². The van der Waals surface area contributed by atoms with Crippen LogP contribution in [0.1, 0.15) is 55.1 Å². The van der Waals surface area contributed by atoms with E-state index < -0.39 is 5.97 Å². The summed E-state index contributed by atoms with van der Waals surface area (Å²) < 4.78 is 0. The molecule has 5 nitrogen and oxygen atoms in total. The Kier molecular flexibility index (Phi) is 4.36. The number of nitrogens with zero attached hydrogens (tertiary/aromatic N) is 1. The third kappa shape index (κ3) is 3.10. The monoisotopic (exact) mass is 251 g/mol. The van der Waals surface area contributed by atoms with Crippen molar-refractivity contribution in [2.75, 3.05) is 0 Å². The van der Waals surface area contributed by atoms with Crippen LogP contribution in [0.2, 0.25) is 0 Å². The maximum Gasteiger partial charge on any atom is 0.354 e. The Morgan fingerprint density at radius 3 is 2.94 bits per heavy atom. The summed E-state index contributed by atoms with van der Waals surface area (Å²) in [6, 6.07) is 0.432. The van der Waals surface area contributed by atoms with Crippen LogP contribution in [0.5, 0.6) is 0 Å². The molecule has 18 heavy (non-hydrogen) atoms. The van der Waals surface area contributed by atoms with Crippen molar-refractivity contribution in [2.45, 2.75) is 51.6 Å². The standard InChI is InChI=1S/C13H21N3O2/c1-9(10-5-3-2-4-6-10)14-7-11-8-15-16-12(11)13(17)18/h8-10,14H,2-7H2,1H3,(H,15,16)(H,17,18)/t9-/m0/s1. The lowest BCUT2D eigenvalue weighted by atomic mass is 9.84. The number of aromatic nitrogens is 2. The molecule has 0 spiro atoms. The van der Waals surface area contributed by atoms with Gasteiger partial charge in [0.1, 0.15) is 5.69 Å². The first kappa shape index (κ1) is 13.1. The highest BCUT2D eigenvalue weighted by molar-refractivity contribution is 5.86. The number of carbonyl (C=O) groups is 1. The van der Waals surface area contributed by atoms with Gasteiger partial charge < -0.3 is 10.4 Å². The minimum Gasteiger partial charge on any atom is -0.477 e. The molecule has 3 N–H and O–H groups in total. The van der Waals surface area contributed by atoms with Crippen LogP contribution in [0, 0.1) is 5.92 Å². The van der Waals surface area contributed by atoms with E-state index in [9.17, 15) is 4.79 Å². The molecule has 1 heterocycles. The van der Waals surface area contributed by atoms with Crippen molar-refractivity contribution in [1.29, 1.82) is 0 Å². The fourth-order valence-corrected chi connectivity index (χ4v) is 2.70. The average Bonchev–Trinajstić information content (AvgIpc) is 2.85. The van der Waals surface area contributed by atoms with E-state index in [1.807, 2.05) is 0 Å². The molecule has 0 bridgehead atoms. The van der Waals surface area contributed by atoms with Crippen molar-refractivity contribution in [3.63, 3.8) is 0 Å². The van der Waals surface area contributed by atoms with Crippen LogP contribution in [0.3, 0.4) is 0 Å². The van der Waals surface area contributed by atoms with Gasteiger partial charge in [-0.25, -0.2) is 4.79 Å². The molecule has 1 aromatic heterocycles. The number of hydrogen-bond acceptors (Lipinski definition) is 3. The SMILES string of the molecule is C[C@H](NCc1cn[nH]c1C(=O)O)C1CCCCC1. The van der Waals surface area contributed by atoms with Crippen molar-refractivity contribution in [1.82, 2.24) is 15.5 Å². The van der Waals surface area contributed by atoms with Crippen LogP contribution in [-0.2, 0) is 6.54 Å². The van der Waals surface area contributed by atoms with E-state index >= 15 is 0 Å². The second-order valence-corrected chi connectivity index (χ2v) is 5.14. The van der Waals surface area contributed by atoms with Crippen molar-refractivity contribution in [3.05, 3.63) is 17.5 Å². The molecule has 0 radical (unpaired) electrons. The summed E-state index contributed by atoms with van der Waals surface area (Å²) in [5.74, 6) is -0.228. The zero-order valence-electron chi connectivity index (χ0n) is 10.8. The minimum absolute atomic E-state index is 0.193. The van der Waals surface area contributed by atoms with Crippen LogP contribution < -0.4 is 5.32 Å². The summed E-state index contributed by atoms with van der Waals surface area (Å²) in [7, 11) is 0. The Hall–Kier alpha value is -1.36. The van der Waals surface area contributed by atoms with Crippen molar-refractivity contribution in [2.24, 2.45) is 5.92 Å². The Morgan fingerprint density at radius 1 is 1.56 bits per heavy atom. The van der Waals surface area contributed by atoms with Gasteiger partial charge in [-0.05, 0) is 25.7 Å². The molecule has 1 aromatic rings. The molecule has 0 amide bonds. The van der Waals surface area contributed by atoms with E-state index in [1.54, 1.807) is 6.20 Å². The smallest absolute Gasteiger partial charge is 0.354 e. The summed E-state index contributed by atoms with van der Waals surface area (Å²) >= 11 is 0. The highest BCUT2D eigenvalue weighted by atomic mass is 16.4. The molecular weight excluding hydrogens is 230 g/mol. The van der Waals surface area contributed by atoms with Gasteiger partial charge in [0, 0.05) is 18.2 Å². The van der Waals surface area contributed by atoms with Crippen LogP contribution in [-0.4, -0.2) is 27.3 Å². The quantitative estimate of drug-likeness (QED) is 0.749. The molecule has 5 heteroatoms. The summed E-state index contributed by atoms with van der Waals surface area (Å²) in [6.07, 6.45) is 8.15. The van der Waals surface area contributed by atoms with E-state index in [2.05, 4.69) is 22.4 Å². The Morgan fingerprint density at radius 2 is 2.28 bits per heavy atom. The predicted molar refractivity (Wildman–Crippen MR) is 68.4 cm³/mol. The number of aromatic carboxylic acids is 1. The second kappa shape index (κ2) is 6.00. The lowest BCUT2D eigenvalue weighted by Crippen LogP contribution is -2.34. The highest BCUT2D eigenvalue weighted by Crippen LogP contribution is 2.26. The van der Waals surface area contributed by atoms with Gasteiger partial charge in [-0.1, -0.05) is 19.3 Å². The number of H-pyrrole nitrogens is 1. The zero-order valence-corrected chi connectivity index (χ0v) is 10.8. The topological polar surface area (TPSA) is 78.0 Å². The molecule has 1 aliphatic carbocycles. The Balaban J connectivity index is 1.86. The van der Waals surface area contributed by atoms with E-state index in [4.69, 9.17) is 5.11 Å². The van der Waals surface area contributed by atoms with Crippen molar-refractivity contribution >= 4 is 5.97 Å². The lowest BCUT2D eigenvalue weighted by Gasteiger charge is -2.28. The summed E-state index contributed by atoms with van der Waals surface area (Å²) in [4.78, 5) is 10.9. The van der Waals surface area contributed by atoms with Crippen LogP contribution in [0.4, 0.5) is 0 Å². The number of carboxylic acids is 1. The first-order valence-electron chi connectivity index (χ1n) is 6.67. The molecule has 2 rings (SSSR count).